The average molecular weight is 482 g/mol. The van der Waals surface area contributed by atoms with Crippen LogP contribution in [0.1, 0.15) is 5.56 Å². The van der Waals surface area contributed by atoms with Gasteiger partial charge in [0.25, 0.3) is 0 Å². The number of nitrogens with one attached hydrogen (secondary N) is 1. The second kappa shape index (κ2) is 10.0. The van der Waals surface area contributed by atoms with Gasteiger partial charge in [0.05, 0.1) is 13.7 Å². The first kappa shape index (κ1) is 21.8. The van der Waals surface area contributed by atoms with Crippen LogP contribution in [0.4, 0.5) is 18.9 Å². The van der Waals surface area contributed by atoms with Crippen molar-refractivity contribution in [2.24, 2.45) is 10.7 Å². The van der Waals surface area contributed by atoms with Gasteiger partial charge in [-0.2, -0.15) is 13.2 Å². The van der Waals surface area contributed by atoms with Gasteiger partial charge in [-0.25, -0.2) is 9.98 Å². The molecule has 0 atom stereocenters. The fourth-order valence-corrected chi connectivity index (χ4v) is 1.78. The van der Waals surface area contributed by atoms with Crippen LogP contribution in [-0.4, -0.2) is 30.8 Å². The van der Waals surface area contributed by atoms with Gasteiger partial charge < -0.3 is 20.5 Å². The van der Waals surface area contributed by atoms with Gasteiger partial charge in [0.15, 0.2) is 12.6 Å². The molecule has 0 amide bonds. The standard InChI is InChI=1S/C16H17F3N4O2.HI/c1-24-13-5-3-12(4-6-13)23-15(20)22-9-11-2-7-14(21-8-11)25-10-16(17,18)19;/h2-8H,9-10H2,1H3,(H3,20,22,23);1H. The summed E-state index contributed by atoms with van der Waals surface area (Å²) in [5, 5.41) is 2.91. The summed E-state index contributed by atoms with van der Waals surface area (Å²) in [6.45, 7) is -1.15. The number of ether oxygens (including phenoxy) is 2. The van der Waals surface area contributed by atoms with Gasteiger partial charge in [0.1, 0.15) is 5.75 Å². The lowest BCUT2D eigenvalue weighted by Gasteiger charge is -2.08. The molecule has 0 radical (unpaired) electrons. The van der Waals surface area contributed by atoms with E-state index in [0.717, 1.165) is 11.4 Å². The van der Waals surface area contributed by atoms with E-state index < -0.39 is 12.8 Å². The summed E-state index contributed by atoms with van der Waals surface area (Å²) in [6, 6.07) is 10.1. The molecule has 1 heterocycles. The summed E-state index contributed by atoms with van der Waals surface area (Å²) in [5.74, 6) is 0.817. The molecule has 142 valence electrons. The second-order valence-electron chi connectivity index (χ2n) is 4.96. The van der Waals surface area contributed by atoms with E-state index in [-0.39, 0.29) is 42.4 Å². The van der Waals surface area contributed by atoms with Gasteiger partial charge in [-0.05, 0) is 29.8 Å². The van der Waals surface area contributed by atoms with Crippen LogP contribution < -0.4 is 20.5 Å². The number of aromatic nitrogens is 1. The molecule has 0 fully saturated rings. The highest BCUT2D eigenvalue weighted by Crippen LogP contribution is 2.17. The molecule has 0 aliphatic carbocycles. The highest BCUT2D eigenvalue weighted by Gasteiger charge is 2.28. The monoisotopic (exact) mass is 482 g/mol. The van der Waals surface area contributed by atoms with Gasteiger partial charge in [0.2, 0.25) is 5.88 Å². The molecule has 26 heavy (non-hydrogen) atoms. The number of nitrogens with two attached hydrogens (primary N) is 1. The van der Waals surface area contributed by atoms with Crippen LogP contribution in [0.15, 0.2) is 47.6 Å². The summed E-state index contributed by atoms with van der Waals surface area (Å²) in [4.78, 5) is 7.93. The Kier molecular flexibility index (Phi) is 8.42. The lowest BCUT2D eigenvalue weighted by Crippen LogP contribution is -2.22. The predicted molar refractivity (Wildman–Crippen MR) is 103 cm³/mol. The summed E-state index contributed by atoms with van der Waals surface area (Å²) >= 11 is 0. The maximum atomic E-state index is 12.1. The molecule has 10 heteroatoms. The molecule has 0 saturated heterocycles. The maximum Gasteiger partial charge on any atom is 0.422 e. The minimum Gasteiger partial charge on any atom is -0.497 e. The van der Waals surface area contributed by atoms with Crippen LogP contribution in [0.3, 0.4) is 0 Å². The number of anilines is 1. The molecule has 6 nitrogen and oxygen atoms in total. The van der Waals surface area contributed by atoms with E-state index in [1.54, 1.807) is 37.4 Å². The molecule has 1 aromatic heterocycles. The van der Waals surface area contributed by atoms with Crippen molar-refractivity contribution < 1.29 is 22.6 Å². The quantitative estimate of drug-likeness (QED) is 0.374. The fourth-order valence-electron chi connectivity index (χ4n) is 1.78. The number of benzene rings is 1. The zero-order valence-electron chi connectivity index (χ0n) is 13.8. The van der Waals surface area contributed by atoms with Gasteiger partial charge >= 0.3 is 6.18 Å². The predicted octanol–water partition coefficient (Wildman–Crippen LogP) is 3.58. The van der Waals surface area contributed by atoms with Gasteiger partial charge in [0, 0.05) is 18.0 Å². The van der Waals surface area contributed by atoms with Crippen molar-refractivity contribution in [1.82, 2.24) is 4.98 Å². The van der Waals surface area contributed by atoms with E-state index in [1.165, 1.54) is 12.3 Å². The highest BCUT2D eigenvalue weighted by atomic mass is 127. The van der Waals surface area contributed by atoms with Crippen LogP contribution in [0.5, 0.6) is 11.6 Å². The molecule has 3 N–H and O–H groups in total. The largest absolute Gasteiger partial charge is 0.497 e. The Morgan fingerprint density at radius 3 is 2.42 bits per heavy atom. The smallest absolute Gasteiger partial charge is 0.422 e. The Morgan fingerprint density at radius 2 is 1.88 bits per heavy atom. The summed E-state index contributed by atoms with van der Waals surface area (Å²) in [7, 11) is 1.58. The molecule has 0 unspecified atom stereocenters. The molecule has 2 aromatic rings. The van der Waals surface area contributed by atoms with Crippen LogP contribution in [0.25, 0.3) is 0 Å². The topological polar surface area (TPSA) is 81.8 Å². The number of alkyl halides is 3. The minimum atomic E-state index is -4.40. The number of hydrogen-bond acceptors (Lipinski definition) is 4. The van der Waals surface area contributed by atoms with Crippen molar-refractivity contribution in [3.8, 4) is 11.6 Å². The van der Waals surface area contributed by atoms with Crippen LogP contribution in [0.2, 0.25) is 0 Å². The molecule has 2 rings (SSSR count). The number of nitrogens with zero attached hydrogens (tertiary/aromatic N) is 2. The Balaban J connectivity index is 0.00000338. The van der Waals surface area contributed by atoms with Crippen molar-refractivity contribution in [2.75, 3.05) is 19.0 Å². The third-order valence-electron chi connectivity index (χ3n) is 2.98. The SMILES string of the molecule is COc1ccc(NC(N)=NCc2ccc(OCC(F)(F)F)nc2)cc1.I. The Morgan fingerprint density at radius 1 is 1.19 bits per heavy atom. The second-order valence-corrected chi connectivity index (χ2v) is 4.96. The number of methoxy groups -OCH3 is 1. The summed E-state index contributed by atoms with van der Waals surface area (Å²) in [5.41, 5.74) is 7.21. The molecule has 0 aliphatic heterocycles. The minimum absolute atomic E-state index is 0. The van der Waals surface area contributed by atoms with E-state index in [1.807, 2.05) is 0 Å². The van der Waals surface area contributed by atoms with Crippen molar-refractivity contribution in [2.45, 2.75) is 12.7 Å². The van der Waals surface area contributed by atoms with E-state index >= 15 is 0 Å². The third kappa shape index (κ3) is 7.76. The van der Waals surface area contributed by atoms with E-state index in [2.05, 4.69) is 20.0 Å². The average Bonchev–Trinajstić information content (AvgIpc) is 2.59. The lowest BCUT2D eigenvalue weighted by atomic mass is 10.3. The molecule has 0 aliphatic rings. The molecule has 0 bridgehead atoms. The van der Waals surface area contributed by atoms with E-state index in [9.17, 15) is 13.2 Å². The first-order valence-electron chi connectivity index (χ1n) is 7.21. The third-order valence-corrected chi connectivity index (χ3v) is 2.98. The number of rotatable bonds is 6. The Hall–Kier alpha value is -2.24. The van der Waals surface area contributed by atoms with Crippen molar-refractivity contribution in [3.05, 3.63) is 48.2 Å². The zero-order chi connectivity index (χ0) is 18.3. The summed E-state index contributed by atoms with van der Waals surface area (Å²) in [6.07, 6.45) is -3.01. The van der Waals surface area contributed by atoms with Crippen LogP contribution in [-0.2, 0) is 6.54 Å². The van der Waals surface area contributed by atoms with E-state index in [4.69, 9.17) is 10.5 Å². The van der Waals surface area contributed by atoms with Crippen LogP contribution in [0, 0.1) is 0 Å². The van der Waals surface area contributed by atoms with Crippen molar-refractivity contribution in [1.29, 1.82) is 0 Å². The highest BCUT2D eigenvalue weighted by molar-refractivity contribution is 14.0. The van der Waals surface area contributed by atoms with Crippen LogP contribution >= 0.6 is 24.0 Å². The first-order valence-corrected chi connectivity index (χ1v) is 7.21. The van der Waals surface area contributed by atoms with Gasteiger partial charge in [-0.1, -0.05) is 6.07 Å². The van der Waals surface area contributed by atoms with Gasteiger partial charge in [-0.15, -0.1) is 24.0 Å². The normalized spacial score (nSPS) is 11.5. The number of guanidine groups is 1. The Bertz CT molecular complexity index is 707. The Labute approximate surface area is 165 Å². The number of halogens is 4. The van der Waals surface area contributed by atoms with Crippen molar-refractivity contribution >= 4 is 35.6 Å². The molecular weight excluding hydrogens is 464 g/mol. The summed E-state index contributed by atoms with van der Waals surface area (Å²) < 4.78 is 45.7. The number of pyridine rings is 1. The fraction of sp³-hybridized carbons (Fsp3) is 0.250. The van der Waals surface area contributed by atoms with Crippen molar-refractivity contribution in [3.63, 3.8) is 0 Å². The maximum absolute atomic E-state index is 12.1. The van der Waals surface area contributed by atoms with Gasteiger partial charge in [-0.3, -0.25) is 0 Å². The lowest BCUT2D eigenvalue weighted by molar-refractivity contribution is -0.154. The zero-order valence-corrected chi connectivity index (χ0v) is 16.1. The van der Waals surface area contributed by atoms with E-state index in [0.29, 0.717) is 5.56 Å². The number of hydrogen-bond donors (Lipinski definition) is 2. The molecule has 0 saturated carbocycles. The molecular formula is C16H18F3IN4O2. The molecule has 1 aromatic carbocycles. The number of aliphatic imine (C=N–C) groups is 1. The first-order chi connectivity index (χ1) is 11.9. The molecule has 0 spiro atoms.